The Kier molecular flexibility index (Phi) is 6.77. The van der Waals surface area contributed by atoms with Gasteiger partial charge >= 0.3 is 11.4 Å². The first-order valence-electron chi connectivity index (χ1n) is 10.6. The zero-order valence-electron chi connectivity index (χ0n) is 18.8. The van der Waals surface area contributed by atoms with Crippen molar-refractivity contribution in [2.75, 3.05) is 10.0 Å². The number of rotatable bonds is 9. The predicted octanol–water partition coefficient (Wildman–Crippen LogP) is 6.70. The Hall–Kier alpha value is -5.72. The molecule has 0 saturated carbocycles. The summed E-state index contributed by atoms with van der Waals surface area (Å²) in [5.74, 6) is 0. The fourth-order valence-corrected chi connectivity index (χ4v) is 3.76. The van der Waals surface area contributed by atoms with Crippen molar-refractivity contribution in [1.29, 1.82) is 0 Å². The highest BCUT2D eigenvalue weighted by molar-refractivity contribution is 5.91. The van der Waals surface area contributed by atoms with Crippen molar-refractivity contribution in [1.82, 2.24) is 0 Å². The van der Waals surface area contributed by atoms with Gasteiger partial charge < -0.3 is 0 Å². The Morgan fingerprint density at radius 1 is 0.595 bits per heavy atom. The zero-order valence-corrected chi connectivity index (χ0v) is 18.8. The second kappa shape index (κ2) is 10.3. The first-order chi connectivity index (χ1) is 17.8. The number of nitro groups is 3. The van der Waals surface area contributed by atoms with Crippen molar-refractivity contribution in [3.05, 3.63) is 132 Å². The van der Waals surface area contributed by atoms with E-state index in [1.165, 1.54) is 29.3 Å². The highest BCUT2D eigenvalue weighted by atomic mass is 16.6. The third-order valence-electron chi connectivity index (χ3n) is 5.28. The normalized spacial score (nSPS) is 10.4. The molecule has 184 valence electrons. The van der Waals surface area contributed by atoms with Crippen LogP contribution in [0.4, 0.5) is 45.5 Å². The van der Waals surface area contributed by atoms with Crippen LogP contribution in [0, 0.1) is 35.3 Å². The van der Waals surface area contributed by atoms with Gasteiger partial charge in [-0.2, -0.15) is 0 Å². The van der Waals surface area contributed by atoms with Crippen molar-refractivity contribution in [2.45, 2.75) is 0 Å². The van der Waals surface area contributed by atoms with Gasteiger partial charge in [0, 0.05) is 0 Å². The number of benzene rings is 4. The van der Waals surface area contributed by atoms with Crippen molar-refractivity contribution in [3.8, 4) is 0 Å². The van der Waals surface area contributed by atoms with Gasteiger partial charge in [0.15, 0.2) is 0 Å². The van der Waals surface area contributed by atoms with Crippen LogP contribution in [0.5, 0.6) is 0 Å². The average Bonchev–Trinajstić information content (AvgIpc) is 2.91. The molecule has 0 aromatic heterocycles. The van der Waals surface area contributed by atoms with E-state index >= 15 is 0 Å². The van der Waals surface area contributed by atoms with Crippen LogP contribution in [-0.2, 0) is 0 Å². The molecule has 0 N–H and O–H groups in total. The van der Waals surface area contributed by atoms with Crippen LogP contribution in [0.15, 0.2) is 102 Å². The Bertz CT molecular complexity index is 1420. The average molecular weight is 500 g/mol. The van der Waals surface area contributed by atoms with E-state index in [0.717, 1.165) is 5.01 Å². The molecule has 0 heterocycles. The van der Waals surface area contributed by atoms with Crippen LogP contribution in [0.3, 0.4) is 0 Å². The van der Waals surface area contributed by atoms with Crippen molar-refractivity contribution in [3.63, 3.8) is 0 Å². The highest BCUT2D eigenvalue weighted by Gasteiger charge is 2.39. The summed E-state index contributed by atoms with van der Waals surface area (Å²) in [6.07, 6.45) is 0. The number of hydrogen-bond donors (Lipinski definition) is 0. The molecule has 0 aliphatic rings. The standard InChI is InChI=1S/C24H16N6O7/c31-25-20-13-7-8-14-21(20)27(26(17-9-3-1-4-10-17)18-11-5-2-6-12-18)24-22(29(34)35)15-19(28(32)33)16-23(24)30(36)37/h1-16H. The SMILES string of the molecule is O=Nc1ccccc1N(c1c([N+](=O)[O-])cc([N+](=O)[O-])cc1[N+](=O)[O-])N(c1ccccc1)c1ccccc1. The van der Waals surface area contributed by atoms with E-state index < -0.39 is 37.5 Å². The third-order valence-corrected chi connectivity index (χ3v) is 5.28. The van der Waals surface area contributed by atoms with Crippen LogP contribution in [0.25, 0.3) is 0 Å². The van der Waals surface area contributed by atoms with Gasteiger partial charge in [0.2, 0.25) is 5.69 Å². The smallest absolute Gasteiger partial charge is 0.258 e. The minimum absolute atomic E-state index is 0.0368. The van der Waals surface area contributed by atoms with Crippen molar-refractivity contribution < 1.29 is 14.8 Å². The lowest BCUT2D eigenvalue weighted by atomic mass is 10.1. The molecule has 0 aliphatic heterocycles. The molecule has 0 atom stereocenters. The van der Waals surface area contributed by atoms with Crippen LogP contribution < -0.4 is 10.0 Å². The molecule has 4 aromatic rings. The second-order valence-corrected chi connectivity index (χ2v) is 7.48. The lowest BCUT2D eigenvalue weighted by Gasteiger charge is -2.37. The van der Waals surface area contributed by atoms with Gasteiger partial charge in [0.1, 0.15) is 5.69 Å². The minimum Gasteiger partial charge on any atom is -0.258 e. The van der Waals surface area contributed by atoms with E-state index in [2.05, 4.69) is 5.18 Å². The summed E-state index contributed by atoms with van der Waals surface area (Å²) in [7, 11) is 0. The number of hydrogen-bond acceptors (Lipinski definition) is 10. The maximum Gasteiger partial charge on any atom is 0.308 e. The molecule has 0 saturated heterocycles. The number of hydrazine groups is 1. The monoisotopic (exact) mass is 500 g/mol. The topological polar surface area (TPSA) is 165 Å². The lowest BCUT2D eigenvalue weighted by Crippen LogP contribution is -2.36. The van der Waals surface area contributed by atoms with Crippen LogP contribution in [0.1, 0.15) is 0 Å². The quantitative estimate of drug-likeness (QED) is 0.138. The maximum absolute atomic E-state index is 12.2. The molecule has 0 radical (unpaired) electrons. The second-order valence-electron chi connectivity index (χ2n) is 7.48. The fourth-order valence-electron chi connectivity index (χ4n) is 3.76. The molecule has 0 amide bonds. The molecule has 0 fully saturated rings. The van der Waals surface area contributed by atoms with E-state index in [-0.39, 0.29) is 11.4 Å². The van der Waals surface area contributed by atoms with E-state index in [1.54, 1.807) is 60.7 Å². The minimum atomic E-state index is -0.957. The Balaban J connectivity index is 2.19. The summed E-state index contributed by atoms with van der Waals surface area (Å²) in [4.78, 5) is 44.8. The first kappa shape index (κ1) is 24.4. The third kappa shape index (κ3) is 4.77. The number of nitroso groups, excluding NO2 is 1. The van der Waals surface area contributed by atoms with Gasteiger partial charge in [-0.05, 0) is 41.6 Å². The van der Waals surface area contributed by atoms with E-state index in [0.29, 0.717) is 23.5 Å². The summed E-state index contributed by atoms with van der Waals surface area (Å²) >= 11 is 0. The maximum atomic E-state index is 12.2. The van der Waals surface area contributed by atoms with Crippen LogP contribution in [-0.4, -0.2) is 14.8 Å². The molecular weight excluding hydrogens is 484 g/mol. The summed E-state index contributed by atoms with van der Waals surface area (Å²) in [6.45, 7) is 0. The van der Waals surface area contributed by atoms with E-state index in [1.807, 2.05) is 0 Å². The number of non-ortho nitro benzene ring substituents is 1. The van der Waals surface area contributed by atoms with Crippen molar-refractivity contribution >= 4 is 45.5 Å². The van der Waals surface area contributed by atoms with Crippen LogP contribution >= 0.6 is 0 Å². The molecule has 0 bridgehead atoms. The summed E-state index contributed by atoms with van der Waals surface area (Å²) in [6, 6.07) is 23.9. The molecule has 4 aromatic carbocycles. The number of anilines is 4. The number of nitro benzene ring substituents is 3. The Morgan fingerprint density at radius 3 is 1.49 bits per heavy atom. The molecule has 4 rings (SSSR count). The molecule has 0 aliphatic carbocycles. The largest absolute Gasteiger partial charge is 0.308 e. The summed E-state index contributed by atoms with van der Waals surface area (Å²) in [5, 5.41) is 41.4. The van der Waals surface area contributed by atoms with Crippen LogP contribution in [0.2, 0.25) is 0 Å². The van der Waals surface area contributed by atoms with Gasteiger partial charge in [0.25, 0.3) is 5.69 Å². The van der Waals surface area contributed by atoms with Gasteiger partial charge in [-0.25, -0.2) is 10.0 Å². The Morgan fingerprint density at radius 2 is 1.05 bits per heavy atom. The number of para-hydroxylation sites is 3. The lowest BCUT2D eigenvalue weighted by molar-refractivity contribution is -0.402. The molecule has 0 unspecified atom stereocenters. The van der Waals surface area contributed by atoms with Gasteiger partial charge in [-0.1, -0.05) is 48.5 Å². The molecule has 13 heteroatoms. The van der Waals surface area contributed by atoms with E-state index in [9.17, 15) is 35.3 Å². The Labute approximate surface area is 208 Å². The van der Waals surface area contributed by atoms with Gasteiger partial charge in [-0.15, -0.1) is 4.91 Å². The fraction of sp³-hybridized carbons (Fsp3) is 0. The zero-order chi connectivity index (χ0) is 26.5. The molecule has 0 spiro atoms. The highest BCUT2D eigenvalue weighted by Crippen LogP contribution is 2.49. The predicted molar refractivity (Wildman–Crippen MR) is 135 cm³/mol. The number of nitrogens with zero attached hydrogens (tertiary/aromatic N) is 6. The molecular formula is C24H16N6O7. The van der Waals surface area contributed by atoms with Gasteiger partial charge in [-0.3, -0.25) is 30.3 Å². The summed E-state index contributed by atoms with van der Waals surface area (Å²) < 4.78 is 0. The molecule has 37 heavy (non-hydrogen) atoms. The van der Waals surface area contributed by atoms with Crippen molar-refractivity contribution in [2.24, 2.45) is 5.18 Å². The van der Waals surface area contributed by atoms with Gasteiger partial charge in [0.05, 0.1) is 44.0 Å². The summed E-state index contributed by atoms with van der Waals surface area (Å²) in [5.41, 5.74) is -2.67. The first-order valence-corrected chi connectivity index (χ1v) is 10.6. The van der Waals surface area contributed by atoms with E-state index in [4.69, 9.17) is 0 Å². The molecule has 13 nitrogen and oxygen atoms in total.